The number of nitrogens with zero attached hydrogens (tertiary/aromatic N) is 2. The molecule has 4 nitrogen and oxygen atoms in total. The lowest BCUT2D eigenvalue weighted by Gasteiger charge is -2.26. The van der Waals surface area contributed by atoms with Crippen LogP contribution >= 0.6 is 0 Å². The molecule has 282 valence electrons. The summed E-state index contributed by atoms with van der Waals surface area (Å²) in [6.45, 7) is 0. The molecule has 0 N–H and O–H groups in total. The van der Waals surface area contributed by atoms with Gasteiger partial charge in [-0.3, -0.25) is 4.57 Å². The fraction of sp³-hybridized carbons (Fsp3) is 0. The highest BCUT2D eigenvalue weighted by Crippen LogP contribution is 2.49. The number of hydrogen-bond acceptors (Lipinski definition) is 3. The summed E-state index contributed by atoms with van der Waals surface area (Å²) in [6, 6.07) is 77.2. The molecule has 0 unspecified atom stereocenters. The normalized spacial score (nSPS) is 11.7. The van der Waals surface area contributed by atoms with E-state index in [4.69, 9.17) is 8.83 Å². The number of aromatic nitrogens is 1. The Labute approximate surface area is 346 Å². The third-order valence-corrected chi connectivity index (χ3v) is 11.8. The number of rotatable bonds is 7. The molecule has 9 aromatic carbocycles. The molecule has 0 fully saturated rings. The summed E-state index contributed by atoms with van der Waals surface area (Å²) < 4.78 is 16.1. The van der Waals surface area contributed by atoms with Crippen LogP contribution in [0.3, 0.4) is 0 Å². The van der Waals surface area contributed by atoms with Gasteiger partial charge in [0, 0.05) is 21.8 Å². The first-order valence-electron chi connectivity index (χ1n) is 20.3. The summed E-state index contributed by atoms with van der Waals surface area (Å²) in [5.41, 5.74) is 15.3. The lowest BCUT2D eigenvalue weighted by atomic mass is 9.98. The average molecular weight is 769 g/mol. The Kier molecular flexibility index (Phi) is 7.82. The minimum atomic E-state index is 0.796. The van der Waals surface area contributed by atoms with Gasteiger partial charge in [-0.25, -0.2) is 0 Å². The molecule has 0 amide bonds. The van der Waals surface area contributed by atoms with Crippen LogP contribution < -0.4 is 4.90 Å². The van der Waals surface area contributed by atoms with E-state index in [1.807, 2.05) is 12.1 Å². The van der Waals surface area contributed by atoms with E-state index in [-0.39, 0.29) is 0 Å². The number of benzene rings is 9. The molecule has 60 heavy (non-hydrogen) atoms. The molecule has 4 heteroatoms. The summed E-state index contributed by atoms with van der Waals surface area (Å²) in [4.78, 5) is 2.34. The van der Waals surface area contributed by atoms with Crippen molar-refractivity contribution in [3.8, 4) is 39.1 Å². The van der Waals surface area contributed by atoms with Crippen LogP contribution in [0.2, 0.25) is 0 Å². The van der Waals surface area contributed by atoms with Gasteiger partial charge in [-0.1, -0.05) is 158 Å². The summed E-state index contributed by atoms with van der Waals surface area (Å²) in [5, 5.41) is 5.37. The fourth-order valence-electron chi connectivity index (χ4n) is 9.04. The number of anilines is 3. The topological polar surface area (TPSA) is 34.5 Å². The van der Waals surface area contributed by atoms with Gasteiger partial charge in [-0.2, -0.15) is 0 Å². The monoisotopic (exact) mass is 768 g/mol. The van der Waals surface area contributed by atoms with Crippen molar-refractivity contribution >= 4 is 72.0 Å². The van der Waals surface area contributed by atoms with E-state index in [0.29, 0.717) is 0 Å². The summed E-state index contributed by atoms with van der Waals surface area (Å²) >= 11 is 0. The van der Waals surface area contributed by atoms with Gasteiger partial charge in [-0.05, 0) is 94.0 Å². The van der Waals surface area contributed by atoms with Crippen molar-refractivity contribution in [1.29, 1.82) is 0 Å². The summed E-state index contributed by atoms with van der Waals surface area (Å²) in [6.07, 6.45) is 0. The lowest BCUT2D eigenvalue weighted by Crippen LogP contribution is -2.10. The Morgan fingerprint density at radius 1 is 0.350 bits per heavy atom. The van der Waals surface area contributed by atoms with Crippen molar-refractivity contribution < 1.29 is 8.83 Å². The van der Waals surface area contributed by atoms with Gasteiger partial charge < -0.3 is 13.7 Å². The fourth-order valence-corrected chi connectivity index (χ4v) is 9.04. The van der Waals surface area contributed by atoms with Crippen LogP contribution in [0.1, 0.15) is 0 Å². The van der Waals surface area contributed by atoms with Crippen LogP contribution in [0.15, 0.2) is 227 Å². The molecule has 0 atom stereocenters. The molecule has 0 spiro atoms. The Morgan fingerprint density at radius 3 is 1.58 bits per heavy atom. The van der Waals surface area contributed by atoms with Crippen LogP contribution in [-0.2, 0) is 0 Å². The molecule has 0 saturated heterocycles. The average Bonchev–Trinajstić information content (AvgIpc) is 4.00. The van der Waals surface area contributed by atoms with Gasteiger partial charge in [0.25, 0.3) is 0 Å². The number of fused-ring (bicyclic) bond motifs is 8. The molecule has 0 radical (unpaired) electrons. The minimum Gasteiger partial charge on any atom is -0.454 e. The van der Waals surface area contributed by atoms with E-state index in [1.165, 1.54) is 5.56 Å². The van der Waals surface area contributed by atoms with Gasteiger partial charge in [0.1, 0.15) is 11.2 Å². The van der Waals surface area contributed by atoms with E-state index in [1.54, 1.807) is 0 Å². The van der Waals surface area contributed by atoms with Crippen LogP contribution in [0.5, 0.6) is 0 Å². The third kappa shape index (κ3) is 5.46. The maximum atomic E-state index is 7.10. The quantitative estimate of drug-likeness (QED) is 0.162. The first kappa shape index (κ1) is 34.0. The lowest BCUT2D eigenvalue weighted by molar-refractivity contribution is 0.645. The van der Waals surface area contributed by atoms with Crippen molar-refractivity contribution in [3.63, 3.8) is 0 Å². The predicted molar refractivity (Wildman–Crippen MR) is 249 cm³/mol. The SMILES string of the molecule is c1ccc(-c2ccc(N(c3cccc4c3oc3ccccc34)c3cccc4oc5c(c6ccccc6n5-c5cc(-c6ccccc6)cc(-c6ccccc6)c5)c34)cc2)cc1. The van der Waals surface area contributed by atoms with E-state index in [9.17, 15) is 0 Å². The minimum absolute atomic E-state index is 0.796. The zero-order valence-corrected chi connectivity index (χ0v) is 32.5. The number of hydrogen-bond donors (Lipinski definition) is 0. The van der Waals surface area contributed by atoms with Gasteiger partial charge in [-0.15, -0.1) is 0 Å². The van der Waals surface area contributed by atoms with Gasteiger partial charge in [0.05, 0.1) is 33.4 Å². The van der Waals surface area contributed by atoms with Crippen molar-refractivity contribution in [1.82, 2.24) is 4.57 Å². The molecule has 0 aliphatic heterocycles. The van der Waals surface area contributed by atoms with Crippen molar-refractivity contribution in [2.75, 3.05) is 4.90 Å². The molecule has 0 aliphatic rings. The molecular formula is C56H36N2O2. The maximum Gasteiger partial charge on any atom is 0.213 e. The van der Waals surface area contributed by atoms with E-state index in [2.05, 4.69) is 216 Å². The number of para-hydroxylation sites is 3. The van der Waals surface area contributed by atoms with Crippen LogP contribution in [-0.4, -0.2) is 4.57 Å². The summed E-state index contributed by atoms with van der Waals surface area (Å²) in [7, 11) is 0. The van der Waals surface area contributed by atoms with E-state index in [0.717, 1.165) is 105 Å². The number of furan rings is 2. The van der Waals surface area contributed by atoms with Crippen LogP contribution in [0, 0.1) is 0 Å². The highest BCUT2D eigenvalue weighted by atomic mass is 16.3. The molecule has 0 bridgehead atoms. The molecule has 3 aromatic heterocycles. The van der Waals surface area contributed by atoms with Gasteiger partial charge in [0.15, 0.2) is 5.58 Å². The van der Waals surface area contributed by atoms with Crippen molar-refractivity contribution in [2.45, 2.75) is 0 Å². The largest absolute Gasteiger partial charge is 0.454 e. The first-order valence-corrected chi connectivity index (χ1v) is 20.3. The molecule has 3 heterocycles. The van der Waals surface area contributed by atoms with E-state index >= 15 is 0 Å². The van der Waals surface area contributed by atoms with Crippen molar-refractivity contribution in [3.05, 3.63) is 218 Å². The van der Waals surface area contributed by atoms with Crippen LogP contribution in [0.25, 0.3) is 94.0 Å². The highest BCUT2D eigenvalue weighted by Gasteiger charge is 2.27. The van der Waals surface area contributed by atoms with Crippen LogP contribution in [0.4, 0.5) is 17.1 Å². The first-order chi connectivity index (χ1) is 29.8. The smallest absolute Gasteiger partial charge is 0.213 e. The predicted octanol–water partition coefficient (Wildman–Crippen LogP) is 15.9. The Morgan fingerprint density at radius 2 is 0.883 bits per heavy atom. The second-order valence-corrected chi connectivity index (χ2v) is 15.3. The zero-order chi connectivity index (χ0) is 39.6. The molecule has 0 aliphatic carbocycles. The van der Waals surface area contributed by atoms with Gasteiger partial charge in [0.2, 0.25) is 5.71 Å². The van der Waals surface area contributed by atoms with Crippen molar-refractivity contribution in [2.24, 2.45) is 0 Å². The summed E-state index contributed by atoms with van der Waals surface area (Å²) in [5.74, 6) is 0. The molecular weight excluding hydrogens is 733 g/mol. The Bertz CT molecular complexity index is 3470. The zero-order valence-electron chi connectivity index (χ0n) is 32.5. The second-order valence-electron chi connectivity index (χ2n) is 15.3. The Hall–Kier alpha value is -8.08. The maximum absolute atomic E-state index is 7.10. The molecule has 12 aromatic rings. The highest BCUT2D eigenvalue weighted by molar-refractivity contribution is 6.24. The van der Waals surface area contributed by atoms with Gasteiger partial charge >= 0.3 is 0 Å². The standard InChI is InChI=1S/C56H36N2O2/c1-4-16-37(17-5-1)40-30-32-43(33-31-40)57(50-27-14-24-46-45-22-11-13-28-51(45)59-55(46)50)49-26-15-29-52-54(49)53-47-23-10-12-25-48(47)58(56(53)60-52)44-35-41(38-18-6-2-7-19-38)34-42(36-44)39-20-8-3-9-21-39/h1-36H. The third-order valence-electron chi connectivity index (χ3n) is 11.8. The second kappa shape index (κ2) is 13.8. The molecule has 12 rings (SSSR count). The Balaban J connectivity index is 1.14. The van der Waals surface area contributed by atoms with E-state index < -0.39 is 0 Å². The molecule has 0 saturated carbocycles.